The number of nitrogens with one attached hydrogen (secondary N) is 1. The van der Waals surface area contributed by atoms with E-state index < -0.39 is 12.1 Å². The average Bonchev–Trinajstić information content (AvgIpc) is 2.51. The summed E-state index contributed by atoms with van der Waals surface area (Å²) in [5, 5.41) is 13.3. The predicted molar refractivity (Wildman–Crippen MR) is 84.4 cm³/mol. The fraction of sp³-hybridized carbons (Fsp3) is 0.375. The second kappa shape index (κ2) is 7.09. The number of hydrogen-bond donors (Lipinski definition) is 2. The molecule has 2 aromatic rings. The van der Waals surface area contributed by atoms with E-state index in [1.807, 2.05) is 12.1 Å². The predicted octanol–water partition coefficient (Wildman–Crippen LogP) is 2.21. The summed E-state index contributed by atoms with van der Waals surface area (Å²) in [7, 11) is 1.57. The number of rotatable bonds is 6. The minimum absolute atomic E-state index is 0.283. The van der Waals surface area contributed by atoms with Crippen molar-refractivity contribution in [3.8, 4) is 5.75 Å². The van der Waals surface area contributed by atoms with Gasteiger partial charge in [-0.3, -0.25) is 4.98 Å². The zero-order valence-electron chi connectivity index (χ0n) is 12.9. The van der Waals surface area contributed by atoms with E-state index in [1.54, 1.807) is 27.0 Å². The van der Waals surface area contributed by atoms with E-state index >= 15 is 0 Å². The van der Waals surface area contributed by atoms with Gasteiger partial charge in [-0.2, -0.15) is 0 Å². The molecule has 0 radical (unpaired) electrons. The van der Waals surface area contributed by atoms with E-state index in [2.05, 4.69) is 10.3 Å². The van der Waals surface area contributed by atoms with Crippen molar-refractivity contribution in [3.63, 3.8) is 0 Å². The normalized spacial score (nSPS) is 12.0. The first-order chi connectivity index (χ1) is 10.6. The molecule has 22 heavy (non-hydrogen) atoms. The topological polar surface area (TPSA) is 80.7 Å². The number of carbonyl (C=O) groups excluding carboxylic acids is 1. The quantitative estimate of drug-likeness (QED) is 0.796. The zero-order chi connectivity index (χ0) is 16.1. The first-order valence-electron chi connectivity index (χ1n) is 7.13. The molecule has 0 amide bonds. The van der Waals surface area contributed by atoms with Gasteiger partial charge in [-0.25, -0.2) is 4.79 Å². The van der Waals surface area contributed by atoms with Gasteiger partial charge in [0.05, 0.1) is 25.5 Å². The van der Waals surface area contributed by atoms with Gasteiger partial charge in [-0.15, -0.1) is 0 Å². The first-order valence-corrected chi connectivity index (χ1v) is 7.13. The number of hydrogen-bond acceptors (Lipinski definition) is 6. The van der Waals surface area contributed by atoms with Crippen LogP contribution in [0.1, 0.15) is 24.2 Å². The molecule has 6 nitrogen and oxygen atoms in total. The number of benzene rings is 1. The van der Waals surface area contributed by atoms with Crippen molar-refractivity contribution in [2.75, 3.05) is 25.6 Å². The van der Waals surface area contributed by atoms with Crippen LogP contribution in [0, 0.1) is 0 Å². The lowest BCUT2D eigenvalue weighted by molar-refractivity contribution is 0.0527. The van der Waals surface area contributed by atoms with Crippen molar-refractivity contribution in [2.24, 2.45) is 0 Å². The van der Waals surface area contributed by atoms with Crippen LogP contribution in [0.5, 0.6) is 5.75 Å². The number of para-hydroxylation sites is 1. The number of aliphatic hydroxyl groups excluding tert-OH is 1. The summed E-state index contributed by atoms with van der Waals surface area (Å²) in [4.78, 5) is 16.4. The number of nitrogens with zero attached hydrogens (tertiary/aromatic N) is 1. The van der Waals surface area contributed by atoms with Gasteiger partial charge in [-0.05, 0) is 19.9 Å². The van der Waals surface area contributed by atoms with Crippen LogP contribution in [0.25, 0.3) is 10.9 Å². The molecule has 0 aliphatic rings. The lowest BCUT2D eigenvalue weighted by Gasteiger charge is -2.16. The lowest BCUT2D eigenvalue weighted by Crippen LogP contribution is -2.18. The molecule has 1 aromatic carbocycles. The number of anilines is 1. The standard InChI is InChI=1S/C16H20N2O4/c1-4-22-16(20)12-9-18-15-11(6-5-7-13(15)21-3)14(12)17-8-10(2)19/h5-7,9-10,19H,4,8H2,1-3H3,(H,17,18)/t10-/m1/s1. The molecule has 0 saturated heterocycles. The van der Waals surface area contributed by atoms with Crippen LogP contribution in [-0.2, 0) is 4.74 Å². The van der Waals surface area contributed by atoms with Gasteiger partial charge < -0.3 is 19.9 Å². The molecular formula is C16H20N2O4. The number of aliphatic hydroxyl groups is 1. The van der Waals surface area contributed by atoms with Gasteiger partial charge in [0.2, 0.25) is 0 Å². The van der Waals surface area contributed by atoms with Crippen LogP contribution in [0.3, 0.4) is 0 Å². The molecule has 118 valence electrons. The summed E-state index contributed by atoms with van der Waals surface area (Å²) in [5.74, 6) is 0.167. The first kappa shape index (κ1) is 16.0. The molecule has 6 heteroatoms. The van der Waals surface area contributed by atoms with E-state index in [9.17, 15) is 9.90 Å². The maximum Gasteiger partial charge on any atom is 0.341 e. The summed E-state index contributed by atoms with van der Waals surface area (Å²) < 4.78 is 10.4. The number of carbonyl (C=O) groups is 1. The highest BCUT2D eigenvalue weighted by molar-refractivity contribution is 6.06. The van der Waals surface area contributed by atoms with Crippen LogP contribution in [0.15, 0.2) is 24.4 Å². The number of pyridine rings is 1. The second-order valence-electron chi connectivity index (χ2n) is 4.85. The van der Waals surface area contributed by atoms with Gasteiger partial charge in [0.15, 0.2) is 0 Å². The van der Waals surface area contributed by atoms with Crippen molar-refractivity contribution >= 4 is 22.6 Å². The number of methoxy groups -OCH3 is 1. The number of fused-ring (bicyclic) bond motifs is 1. The summed E-state index contributed by atoms with van der Waals surface area (Å²) in [6, 6.07) is 5.47. The van der Waals surface area contributed by atoms with Gasteiger partial charge in [0.1, 0.15) is 16.8 Å². The van der Waals surface area contributed by atoms with Gasteiger partial charge >= 0.3 is 5.97 Å². The van der Waals surface area contributed by atoms with Crippen LogP contribution in [0.4, 0.5) is 5.69 Å². The van der Waals surface area contributed by atoms with Crippen molar-refractivity contribution in [2.45, 2.75) is 20.0 Å². The zero-order valence-corrected chi connectivity index (χ0v) is 12.9. The van der Waals surface area contributed by atoms with Crippen molar-refractivity contribution in [1.82, 2.24) is 4.98 Å². The molecule has 0 fully saturated rings. The Balaban J connectivity index is 2.59. The summed E-state index contributed by atoms with van der Waals surface area (Å²) >= 11 is 0. The van der Waals surface area contributed by atoms with E-state index in [4.69, 9.17) is 9.47 Å². The minimum atomic E-state index is -0.552. The summed E-state index contributed by atoms with van der Waals surface area (Å²) in [6.07, 6.45) is 0.914. The average molecular weight is 304 g/mol. The van der Waals surface area contributed by atoms with Crippen LogP contribution < -0.4 is 10.1 Å². The van der Waals surface area contributed by atoms with Gasteiger partial charge in [0, 0.05) is 18.1 Å². The SMILES string of the molecule is CCOC(=O)c1cnc2c(OC)cccc2c1NC[C@@H](C)O. The van der Waals surface area contributed by atoms with Crippen molar-refractivity contribution in [3.05, 3.63) is 30.0 Å². The third-order valence-corrected chi connectivity index (χ3v) is 3.15. The number of esters is 1. The number of aromatic nitrogens is 1. The smallest absolute Gasteiger partial charge is 0.341 e. The summed E-state index contributed by atoms with van der Waals surface area (Å²) in [6.45, 7) is 4.01. The molecular weight excluding hydrogens is 284 g/mol. The lowest BCUT2D eigenvalue weighted by atomic mass is 10.1. The van der Waals surface area contributed by atoms with E-state index in [0.29, 0.717) is 29.1 Å². The van der Waals surface area contributed by atoms with E-state index in [0.717, 1.165) is 5.39 Å². The Bertz CT molecular complexity index is 670. The molecule has 0 aliphatic heterocycles. The maximum absolute atomic E-state index is 12.1. The molecule has 0 unspecified atom stereocenters. The minimum Gasteiger partial charge on any atom is -0.494 e. The van der Waals surface area contributed by atoms with Crippen LogP contribution in [-0.4, -0.2) is 42.4 Å². The fourth-order valence-corrected chi connectivity index (χ4v) is 2.16. The van der Waals surface area contributed by atoms with Crippen LogP contribution in [0.2, 0.25) is 0 Å². The van der Waals surface area contributed by atoms with E-state index in [-0.39, 0.29) is 6.61 Å². The molecule has 2 rings (SSSR count). The van der Waals surface area contributed by atoms with Crippen LogP contribution >= 0.6 is 0 Å². The Morgan fingerprint density at radius 3 is 2.86 bits per heavy atom. The van der Waals surface area contributed by atoms with Gasteiger partial charge in [0.25, 0.3) is 0 Å². The largest absolute Gasteiger partial charge is 0.494 e. The van der Waals surface area contributed by atoms with E-state index in [1.165, 1.54) is 6.20 Å². The Hall–Kier alpha value is -2.34. The molecule has 2 N–H and O–H groups in total. The molecule has 1 heterocycles. The molecule has 0 saturated carbocycles. The monoisotopic (exact) mass is 304 g/mol. The summed E-state index contributed by atoms with van der Waals surface area (Å²) in [5.41, 5.74) is 1.57. The van der Waals surface area contributed by atoms with Crippen molar-refractivity contribution < 1.29 is 19.4 Å². The third kappa shape index (κ3) is 3.28. The third-order valence-electron chi connectivity index (χ3n) is 3.15. The molecule has 1 aromatic heterocycles. The Morgan fingerprint density at radius 1 is 1.45 bits per heavy atom. The molecule has 0 bridgehead atoms. The van der Waals surface area contributed by atoms with Gasteiger partial charge in [-0.1, -0.05) is 12.1 Å². The second-order valence-corrected chi connectivity index (χ2v) is 4.85. The highest BCUT2D eigenvalue weighted by atomic mass is 16.5. The molecule has 1 atom stereocenters. The Labute approximate surface area is 129 Å². The Kier molecular flexibility index (Phi) is 5.16. The van der Waals surface area contributed by atoms with Crippen molar-refractivity contribution in [1.29, 1.82) is 0 Å². The highest BCUT2D eigenvalue weighted by Gasteiger charge is 2.18. The number of ether oxygens (including phenoxy) is 2. The fourth-order valence-electron chi connectivity index (χ4n) is 2.16. The highest BCUT2D eigenvalue weighted by Crippen LogP contribution is 2.31. The molecule has 0 aliphatic carbocycles. The maximum atomic E-state index is 12.1. The molecule has 0 spiro atoms. The Morgan fingerprint density at radius 2 is 2.23 bits per heavy atom.